The van der Waals surface area contributed by atoms with E-state index in [-0.39, 0.29) is 17.4 Å². The number of amides is 1. The van der Waals surface area contributed by atoms with E-state index in [2.05, 4.69) is 5.10 Å². The van der Waals surface area contributed by atoms with E-state index in [4.69, 9.17) is 4.74 Å². The SMILES string of the molecule is Cc1cc(=O)c(C(=O)Oc2ccc(N3CCCC3=O)cc2)nn1-c1ccccc1. The van der Waals surface area contributed by atoms with E-state index >= 15 is 0 Å². The smallest absolute Gasteiger partial charge is 0.368 e. The molecule has 7 heteroatoms. The van der Waals surface area contributed by atoms with Gasteiger partial charge in [-0.05, 0) is 49.7 Å². The van der Waals surface area contributed by atoms with Gasteiger partial charge in [0.25, 0.3) is 0 Å². The minimum absolute atomic E-state index is 0.0834. The molecule has 7 nitrogen and oxygen atoms in total. The molecule has 0 atom stereocenters. The summed E-state index contributed by atoms with van der Waals surface area (Å²) < 4.78 is 6.87. The van der Waals surface area contributed by atoms with Gasteiger partial charge in [-0.3, -0.25) is 9.59 Å². The van der Waals surface area contributed by atoms with E-state index in [1.54, 1.807) is 36.1 Å². The summed E-state index contributed by atoms with van der Waals surface area (Å²) >= 11 is 0. The number of hydrogen-bond acceptors (Lipinski definition) is 5. The normalized spacial score (nSPS) is 13.6. The summed E-state index contributed by atoms with van der Waals surface area (Å²) in [5, 5.41) is 4.21. The molecule has 0 N–H and O–H groups in total. The first-order valence-electron chi connectivity index (χ1n) is 9.32. The summed E-state index contributed by atoms with van der Waals surface area (Å²) in [6.07, 6.45) is 1.38. The molecule has 0 bridgehead atoms. The fourth-order valence-electron chi connectivity index (χ4n) is 3.29. The Morgan fingerprint density at radius 2 is 1.72 bits per heavy atom. The summed E-state index contributed by atoms with van der Waals surface area (Å²) in [4.78, 5) is 38.4. The standard InChI is InChI=1S/C22H19N3O4/c1-15-14-19(26)21(23-25(15)17-6-3-2-4-7-17)22(28)29-18-11-9-16(10-12-18)24-13-5-8-20(24)27/h2-4,6-7,9-12,14H,5,8,13H2,1H3. The third-order valence-electron chi connectivity index (χ3n) is 4.73. The molecule has 1 aliphatic heterocycles. The third-order valence-corrected chi connectivity index (χ3v) is 4.73. The number of anilines is 1. The van der Waals surface area contributed by atoms with Gasteiger partial charge < -0.3 is 9.64 Å². The predicted octanol–water partition coefficient (Wildman–Crippen LogP) is 2.89. The van der Waals surface area contributed by atoms with Gasteiger partial charge in [0.15, 0.2) is 0 Å². The molecule has 0 saturated carbocycles. The highest BCUT2D eigenvalue weighted by molar-refractivity contribution is 5.95. The summed E-state index contributed by atoms with van der Waals surface area (Å²) in [7, 11) is 0. The Bertz CT molecular complexity index is 1120. The van der Waals surface area contributed by atoms with Crippen LogP contribution in [0.2, 0.25) is 0 Å². The zero-order valence-corrected chi connectivity index (χ0v) is 15.9. The van der Waals surface area contributed by atoms with Crippen LogP contribution in [0.4, 0.5) is 5.69 Å². The molecule has 1 saturated heterocycles. The highest BCUT2D eigenvalue weighted by Crippen LogP contribution is 2.24. The van der Waals surface area contributed by atoms with Crippen LogP contribution >= 0.6 is 0 Å². The van der Waals surface area contributed by atoms with E-state index in [0.29, 0.717) is 18.7 Å². The third kappa shape index (κ3) is 3.80. The monoisotopic (exact) mass is 389 g/mol. The zero-order valence-electron chi connectivity index (χ0n) is 15.9. The van der Waals surface area contributed by atoms with Gasteiger partial charge in [-0.1, -0.05) is 18.2 Å². The van der Waals surface area contributed by atoms with Crippen molar-refractivity contribution in [3.05, 3.63) is 82.3 Å². The van der Waals surface area contributed by atoms with Crippen LogP contribution in [0.3, 0.4) is 0 Å². The Morgan fingerprint density at radius 3 is 2.38 bits per heavy atom. The van der Waals surface area contributed by atoms with Gasteiger partial charge in [0.1, 0.15) is 5.75 Å². The van der Waals surface area contributed by atoms with E-state index in [9.17, 15) is 14.4 Å². The average molecular weight is 389 g/mol. The van der Waals surface area contributed by atoms with Crippen LogP contribution in [0.1, 0.15) is 29.0 Å². The molecule has 0 unspecified atom stereocenters. The Balaban J connectivity index is 1.57. The Labute approximate surface area is 167 Å². The number of carbonyl (C=O) groups is 2. The highest BCUT2D eigenvalue weighted by atomic mass is 16.5. The van der Waals surface area contributed by atoms with Crippen molar-refractivity contribution in [2.75, 3.05) is 11.4 Å². The van der Waals surface area contributed by atoms with Crippen molar-refractivity contribution in [1.82, 2.24) is 9.78 Å². The molecule has 1 amide bonds. The molecule has 3 aromatic rings. The van der Waals surface area contributed by atoms with Crippen molar-refractivity contribution in [2.45, 2.75) is 19.8 Å². The zero-order chi connectivity index (χ0) is 20.4. The lowest BCUT2D eigenvalue weighted by Gasteiger charge is -2.15. The van der Waals surface area contributed by atoms with Gasteiger partial charge in [0.2, 0.25) is 17.0 Å². The van der Waals surface area contributed by atoms with Crippen molar-refractivity contribution in [3.8, 4) is 11.4 Å². The maximum absolute atomic E-state index is 12.6. The van der Waals surface area contributed by atoms with Crippen LogP contribution in [0.25, 0.3) is 5.69 Å². The van der Waals surface area contributed by atoms with Crippen molar-refractivity contribution in [2.24, 2.45) is 0 Å². The molecular weight excluding hydrogens is 370 g/mol. The van der Waals surface area contributed by atoms with Crippen molar-refractivity contribution >= 4 is 17.6 Å². The highest BCUT2D eigenvalue weighted by Gasteiger charge is 2.22. The molecule has 1 aromatic heterocycles. The fraction of sp³-hybridized carbons (Fsp3) is 0.182. The maximum atomic E-state index is 12.6. The lowest BCUT2D eigenvalue weighted by Crippen LogP contribution is -2.26. The quantitative estimate of drug-likeness (QED) is 0.506. The fourth-order valence-corrected chi connectivity index (χ4v) is 3.29. The number of aromatic nitrogens is 2. The molecule has 1 aliphatic rings. The second-order valence-electron chi connectivity index (χ2n) is 6.78. The van der Waals surface area contributed by atoms with Crippen LogP contribution in [0, 0.1) is 6.92 Å². The van der Waals surface area contributed by atoms with Gasteiger partial charge >= 0.3 is 5.97 Å². The maximum Gasteiger partial charge on any atom is 0.368 e. The van der Waals surface area contributed by atoms with Crippen molar-refractivity contribution < 1.29 is 14.3 Å². The number of benzene rings is 2. The molecule has 146 valence electrons. The first-order chi connectivity index (χ1) is 14.0. The van der Waals surface area contributed by atoms with Gasteiger partial charge in [0, 0.05) is 30.4 Å². The second-order valence-corrected chi connectivity index (χ2v) is 6.78. The molecule has 0 aliphatic carbocycles. The minimum Gasteiger partial charge on any atom is -0.422 e. The van der Waals surface area contributed by atoms with E-state index in [1.807, 2.05) is 30.3 Å². The molecule has 0 radical (unpaired) electrons. The Hall–Kier alpha value is -3.74. The number of hydrogen-bond donors (Lipinski definition) is 0. The largest absolute Gasteiger partial charge is 0.422 e. The Kier molecular flexibility index (Phi) is 4.95. The van der Waals surface area contributed by atoms with Crippen LogP contribution in [-0.4, -0.2) is 28.2 Å². The molecule has 0 spiro atoms. The molecule has 2 heterocycles. The number of esters is 1. The van der Waals surface area contributed by atoms with Gasteiger partial charge in [-0.25, -0.2) is 9.48 Å². The van der Waals surface area contributed by atoms with Crippen LogP contribution < -0.4 is 15.1 Å². The average Bonchev–Trinajstić information content (AvgIpc) is 3.15. The molecule has 4 rings (SSSR count). The molecular formula is C22H19N3O4. The Morgan fingerprint density at radius 1 is 1.00 bits per heavy atom. The molecule has 29 heavy (non-hydrogen) atoms. The van der Waals surface area contributed by atoms with Gasteiger partial charge in [0.05, 0.1) is 5.69 Å². The summed E-state index contributed by atoms with van der Waals surface area (Å²) in [5.41, 5.74) is 1.31. The summed E-state index contributed by atoms with van der Waals surface area (Å²) in [5.74, 6) is -0.469. The number of para-hydroxylation sites is 1. The van der Waals surface area contributed by atoms with Crippen molar-refractivity contribution in [1.29, 1.82) is 0 Å². The number of ether oxygens (including phenoxy) is 1. The van der Waals surface area contributed by atoms with Crippen LogP contribution in [0.5, 0.6) is 5.75 Å². The van der Waals surface area contributed by atoms with E-state index in [0.717, 1.165) is 17.8 Å². The lowest BCUT2D eigenvalue weighted by atomic mass is 10.2. The minimum atomic E-state index is -0.829. The molecule has 1 fully saturated rings. The number of nitrogens with zero attached hydrogens (tertiary/aromatic N) is 3. The van der Waals surface area contributed by atoms with E-state index in [1.165, 1.54) is 10.7 Å². The van der Waals surface area contributed by atoms with Gasteiger partial charge in [-0.15, -0.1) is 0 Å². The number of carbonyl (C=O) groups excluding carboxylic acids is 2. The van der Waals surface area contributed by atoms with Gasteiger partial charge in [-0.2, -0.15) is 5.10 Å². The van der Waals surface area contributed by atoms with Crippen LogP contribution in [0.15, 0.2) is 65.5 Å². The van der Waals surface area contributed by atoms with Crippen molar-refractivity contribution in [3.63, 3.8) is 0 Å². The summed E-state index contributed by atoms with van der Waals surface area (Å²) in [6, 6.07) is 17.2. The topological polar surface area (TPSA) is 81.5 Å². The summed E-state index contributed by atoms with van der Waals surface area (Å²) in [6.45, 7) is 2.43. The number of rotatable bonds is 4. The second kappa shape index (κ2) is 7.71. The lowest BCUT2D eigenvalue weighted by molar-refractivity contribution is -0.117. The van der Waals surface area contributed by atoms with Crippen LogP contribution in [-0.2, 0) is 4.79 Å². The first kappa shape index (κ1) is 18.6. The molecule has 2 aromatic carbocycles. The predicted molar refractivity (Wildman–Crippen MR) is 108 cm³/mol. The first-order valence-corrected chi connectivity index (χ1v) is 9.32. The number of aryl methyl sites for hydroxylation is 1. The van der Waals surface area contributed by atoms with E-state index < -0.39 is 11.4 Å².